The molecule has 0 saturated heterocycles. The van der Waals surface area contributed by atoms with Crippen LogP contribution in [0.25, 0.3) is 0 Å². The summed E-state index contributed by atoms with van der Waals surface area (Å²) < 4.78 is 36.6. The topological polar surface area (TPSA) is 121 Å². The lowest BCUT2D eigenvalue weighted by Crippen LogP contribution is -2.33. The number of hydrogen-bond acceptors (Lipinski definition) is 6. The maximum absolute atomic E-state index is 13.9. The Bertz CT molecular complexity index is 875. The van der Waals surface area contributed by atoms with E-state index >= 15 is 0 Å². The van der Waals surface area contributed by atoms with Crippen molar-refractivity contribution in [3.63, 3.8) is 0 Å². The number of aryl methyl sites for hydroxylation is 1. The zero-order valence-electron chi connectivity index (χ0n) is 15.1. The maximum Gasteiger partial charge on any atom is 0.344 e. The van der Waals surface area contributed by atoms with Gasteiger partial charge in [0.25, 0.3) is 0 Å². The van der Waals surface area contributed by atoms with Crippen LogP contribution in [0.4, 0.5) is 18.6 Å². The van der Waals surface area contributed by atoms with Crippen LogP contribution in [0.3, 0.4) is 0 Å². The number of urea groups is 1. The number of nitrogens with zero attached hydrogens (tertiary/aromatic N) is 1. The Morgan fingerprint density at radius 3 is 2.68 bits per heavy atom. The van der Waals surface area contributed by atoms with Crippen LogP contribution in [0.2, 0.25) is 0 Å². The molecule has 0 saturated carbocycles. The number of carboxylic acid groups (broad SMARTS) is 1. The molecule has 1 aromatic heterocycles. The molecule has 0 spiro atoms. The van der Waals surface area contributed by atoms with Gasteiger partial charge in [-0.2, -0.15) is 4.37 Å². The number of aliphatic hydroxyl groups excluding tert-OH is 1. The van der Waals surface area contributed by atoms with Crippen molar-refractivity contribution in [1.29, 1.82) is 0 Å². The van der Waals surface area contributed by atoms with Gasteiger partial charge in [0.2, 0.25) is 5.88 Å². The van der Waals surface area contributed by atoms with Crippen molar-refractivity contribution in [2.75, 3.05) is 18.5 Å². The number of carboxylic acids is 1. The molecule has 2 aromatic rings. The second kappa shape index (κ2) is 9.42. The van der Waals surface area contributed by atoms with E-state index in [2.05, 4.69) is 15.0 Å². The Balaban J connectivity index is 2.11. The molecular weight excluding hydrogens is 396 g/mol. The summed E-state index contributed by atoms with van der Waals surface area (Å²) in [5, 5.41) is 23.1. The number of halogens is 2. The number of nitrogens with one attached hydrogen (secondary N) is 2. The smallest absolute Gasteiger partial charge is 0.344 e. The fourth-order valence-corrected chi connectivity index (χ4v) is 2.79. The van der Waals surface area contributed by atoms with Crippen molar-refractivity contribution in [2.45, 2.75) is 20.5 Å². The largest absolute Gasteiger partial charge is 0.477 e. The summed E-state index contributed by atoms with van der Waals surface area (Å²) in [5.74, 6) is -3.21. The molecule has 0 radical (unpaired) electrons. The highest BCUT2D eigenvalue weighted by atomic mass is 32.1. The highest BCUT2D eigenvalue weighted by Crippen LogP contribution is 2.31. The highest BCUT2D eigenvalue weighted by molar-refractivity contribution is 7.11. The molecule has 28 heavy (non-hydrogen) atoms. The number of hydrogen-bond donors (Lipinski definition) is 4. The van der Waals surface area contributed by atoms with Crippen molar-refractivity contribution >= 4 is 28.5 Å². The summed E-state index contributed by atoms with van der Waals surface area (Å²) in [5.41, 5.74) is -0.366. The van der Waals surface area contributed by atoms with E-state index in [1.807, 2.05) is 0 Å². The number of rotatable bonds is 8. The van der Waals surface area contributed by atoms with Gasteiger partial charge in [-0.1, -0.05) is 6.92 Å². The molecule has 2 rings (SSSR count). The Labute approximate surface area is 163 Å². The molecule has 1 unspecified atom stereocenters. The standard InChI is InChI=1S/C17H19F2N3O5S/c1-8(6-23)5-20-17(26)21-15-13(16(24)25)14(22-28-15)27-7-10-4-11(18)9(2)3-12(10)19/h3-4,8,23H,5-7H2,1-2H3,(H,24,25)(H2,20,21,26). The van der Waals surface area contributed by atoms with Crippen LogP contribution >= 0.6 is 11.5 Å². The minimum Gasteiger partial charge on any atom is -0.477 e. The van der Waals surface area contributed by atoms with E-state index in [0.717, 1.165) is 12.1 Å². The quantitative estimate of drug-likeness (QED) is 0.526. The monoisotopic (exact) mass is 415 g/mol. The van der Waals surface area contributed by atoms with Crippen LogP contribution in [-0.4, -0.2) is 39.7 Å². The SMILES string of the molecule is Cc1cc(F)c(COc2nsc(NC(=O)NCC(C)CO)c2C(=O)O)cc1F. The molecule has 2 amide bonds. The number of ether oxygens (including phenoxy) is 1. The molecule has 1 aromatic carbocycles. The lowest BCUT2D eigenvalue weighted by molar-refractivity contribution is 0.0693. The first-order valence-electron chi connectivity index (χ1n) is 8.18. The molecule has 0 aliphatic heterocycles. The predicted octanol–water partition coefficient (Wildman–Crippen LogP) is 2.76. The minimum atomic E-state index is -1.40. The summed E-state index contributed by atoms with van der Waals surface area (Å²) in [6, 6.07) is 1.30. The molecule has 11 heteroatoms. The van der Waals surface area contributed by atoms with E-state index in [9.17, 15) is 23.5 Å². The van der Waals surface area contributed by atoms with E-state index in [1.54, 1.807) is 6.92 Å². The average Bonchev–Trinajstić information content (AvgIpc) is 3.04. The van der Waals surface area contributed by atoms with Gasteiger partial charge in [0, 0.05) is 18.7 Å². The van der Waals surface area contributed by atoms with Crippen LogP contribution in [0.5, 0.6) is 5.88 Å². The van der Waals surface area contributed by atoms with Gasteiger partial charge < -0.3 is 20.3 Å². The van der Waals surface area contributed by atoms with Gasteiger partial charge in [-0.15, -0.1) is 0 Å². The van der Waals surface area contributed by atoms with Crippen molar-refractivity contribution in [2.24, 2.45) is 5.92 Å². The van der Waals surface area contributed by atoms with Crippen LogP contribution in [-0.2, 0) is 6.61 Å². The summed E-state index contributed by atoms with van der Waals surface area (Å²) >= 11 is 0.673. The molecule has 0 fully saturated rings. The van der Waals surface area contributed by atoms with Gasteiger partial charge in [0.05, 0.1) is 0 Å². The van der Waals surface area contributed by atoms with Crippen LogP contribution in [0.15, 0.2) is 12.1 Å². The Kier molecular flexibility index (Phi) is 7.24. The zero-order chi connectivity index (χ0) is 20.8. The molecule has 0 aliphatic rings. The van der Waals surface area contributed by atoms with Gasteiger partial charge in [0.15, 0.2) is 5.56 Å². The van der Waals surface area contributed by atoms with Gasteiger partial charge in [-0.3, -0.25) is 5.32 Å². The molecule has 0 bridgehead atoms. The number of carbonyl (C=O) groups excluding carboxylic acids is 1. The number of carbonyl (C=O) groups is 2. The van der Waals surface area contributed by atoms with Gasteiger partial charge in [0.1, 0.15) is 23.2 Å². The zero-order valence-corrected chi connectivity index (χ0v) is 15.9. The number of aromatic carboxylic acids is 1. The van der Waals surface area contributed by atoms with Crippen molar-refractivity contribution < 1.29 is 33.3 Å². The first kappa shape index (κ1) is 21.5. The van der Waals surface area contributed by atoms with E-state index in [0.29, 0.717) is 11.5 Å². The van der Waals surface area contributed by atoms with E-state index < -0.39 is 35.8 Å². The van der Waals surface area contributed by atoms with Crippen LogP contribution in [0, 0.1) is 24.5 Å². The molecule has 1 atom stereocenters. The number of amides is 2. The fraction of sp³-hybridized carbons (Fsp3) is 0.353. The fourth-order valence-electron chi connectivity index (χ4n) is 2.07. The number of anilines is 1. The van der Waals surface area contributed by atoms with Crippen LogP contribution < -0.4 is 15.4 Å². The van der Waals surface area contributed by atoms with E-state index in [-0.39, 0.29) is 41.1 Å². The number of benzene rings is 1. The van der Waals surface area contributed by atoms with Crippen molar-refractivity contribution in [3.05, 3.63) is 40.5 Å². The maximum atomic E-state index is 13.9. The second-order valence-corrected chi connectivity index (χ2v) is 6.87. The summed E-state index contributed by atoms with van der Waals surface area (Å²) in [6.07, 6.45) is 0. The Hall–Kier alpha value is -2.79. The minimum absolute atomic E-state index is 0.0767. The summed E-state index contributed by atoms with van der Waals surface area (Å²) in [6.45, 7) is 2.76. The predicted molar refractivity (Wildman–Crippen MR) is 97.8 cm³/mol. The third-order valence-electron chi connectivity index (χ3n) is 3.72. The third kappa shape index (κ3) is 5.36. The summed E-state index contributed by atoms with van der Waals surface area (Å²) in [7, 11) is 0. The molecular formula is C17H19F2N3O5S. The Morgan fingerprint density at radius 1 is 1.32 bits per heavy atom. The number of aliphatic hydroxyl groups is 1. The van der Waals surface area contributed by atoms with Crippen molar-refractivity contribution in [1.82, 2.24) is 9.69 Å². The highest BCUT2D eigenvalue weighted by Gasteiger charge is 2.24. The normalized spacial score (nSPS) is 11.8. The Morgan fingerprint density at radius 2 is 2.04 bits per heavy atom. The molecule has 4 N–H and O–H groups in total. The van der Waals surface area contributed by atoms with Crippen molar-refractivity contribution in [3.8, 4) is 5.88 Å². The first-order valence-corrected chi connectivity index (χ1v) is 8.96. The lowest BCUT2D eigenvalue weighted by atomic mass is 10.1. The van der Waals surface area contributed by atoms with Crippen LogP contribution in [0.1, 0.15) is 28.4 Å². The molecule has 0 aliphatic carbocycles. The molecule has 8 nitrogen and oxygen atoms in total. The second-order valence-electron chi connectivity index (χ2n) is 6.10. The van der Waals surface area contributed by atoms with E-state index in [1.165, 1.54) is 6.92 Å². The van der Waals surface area contributed by atoms with E-state index in [4.69, 9.17) is 9.84 Å². The molecule has 1 heterocycles. The van der Waals surface area contributed by atoms with Gasteiger partial charge >= 0.3 is 12.0 Å². The first-order chi connectivity index (χ1) is 13.2. The molecule has 152 valence electrons. The average molecular weight is 415 g/mol. The summed E-state index contributed by atoms with van der Waals surface area (Å²) in [4.78, 5) is 23.4. The van der Waals surface area contributed by atoms with Gasteiger partial charge in [-0.25, -0.2) is 18.4 Å². The number of aromatic nitrogens is 1. The lowest BCUT2D eigenvalue weighted by Gasteiger charge is -2.10. The van der Waals surface area contributed by atoms with Gasteiger partial charge in [-0.05, 0) is 42.1 Å². The third-order valence-corrected chi connectivity index (χ3v) is 4.46.